The van der Waals surface area contributed by atoms with Crippen LogP contribution in [0.25, 0.3) is 0 Å². The van der Waals surface area contributed by atoms with Gasteiger partial charge in [0.1, 0.15) is 5.82 Å². The van der Waals surface area contributed by atoms with Gasteiger partial charge in [-0.3, -0.25) is 0 Å². The number of rotatable bonds is 0. The van der Waals surface area contributed by atoms with Crippen LogP contribution in [0.5, 0.6) is 0 Å². The van der Waals surface area contributed by atoms with E-state index in [1.165, 1.54) is 16.7 Å². The van der Waals surface area contributed by atoms with Gasteiger partial charge in [-0.2, -0.15) is 0 Å². The van der Waals surface area contributed by atoms with Gasteiger partial charge in [-0.1, -0.05) is 0 Å². The van der Waals surface area contributed by atoms with E-state index in [1.54, 1.807) is 6.92 Å². The van der Waals surface area contributed by atoms with E-state index in [2.05, 4.69) is 0 Å². The summed E-state index contributed by atoms with van der Waals surface area (Å²) < 4.78 is 12.3. The number of hydrogen-bond acceptors (Lipinski definition) is 1. The number of aryl methyl sites for hydroxylation is 1. The van der Waals surface area contributed by atoms with Gasteiger partial charge >= 0.3 is 0 Å². The molecule has 0 saturated carbocycles. The minimum absolute atomic E-state index is 0.0764. The molecule has 0 bridgehead atoms. The van der Waals surface area contributed by atoms with Crippen molar-refractivity contribution in [2.45, 2.75) is 13.8 Å². The summed E-state index contributed by atoms with van der Waals surface area (Å²) in [4.78, 5) is 1.07. The van der Waals surface area contributed by atoms with Gasteiger partial charge in [-0.15, -0.1) is 11.3 Å². The molecule has 2 heteroatoms. The standard InChI is InChI=1S/C6H7FS/c1-4-5(2)8-3-6(4)7/h3H,1-2H3. The zero-order valence-electron chi connectivity index (χ0n) is 4.86. The van der Waals surface area contributed by atoms with Crippen molar-refractivity contribution in [3.8, 4) is 0 Å². The highest BCUT2D eigenvalue weighted by atomic mass is 32.1. The monoisotopic (exact) mass is 130 g/mol. The molecule has 1 aromatic rings. The Kier molecular flexibility index (Phi) is 1.34. The molecule has 0 unspecified atom stereocenters. The van der Waals surface area contributed by atoms with Crippen molar-refractivity contribution in [1.29, 1.82) is 0 Å². The van der Waals surface area contributed by atoms with Gasteiger partial charge in [-0.25, -0.2) is 4.39 Å². The Labute approximate surface area is 52.0 Å². The van der Waals surface area contributed by atoms with Crippen LogP contribution in [0, 0.1) is 19.7 Å². The smallest absolute Gasteiger partial charge is 0.137 e. The molecule has 44 valence electrons. The zero-order chi connectivity index (χ0) is 6.15. The molecule has 0 nitrogen and oxygen atoms in total. The van der Waals surface area contributed by atoms with Crippen LogP contribution in [0.2, 0.25) is 0 Å². The summed E-state index contributed by atoms with van der Waals surface area (Å²) in [6.45, 7) is 3.71. The fraction of sp³-hybridized carbons (Fsp3) is 0.333. The van der Waals surface area contributed by atoms with Crippen LogP contribution < -0.4 is 0 Å². The third-order valence-corrected chi connectivity index (χ3v) is 2.21. The van der Waals surface area contributed by atoms with Crippen LogP contribution in [0.3, 0.4) is 0 Å². The molecule has 0 aliphatic rings. The normalized spacial score (nSPS) is 9.88. The van der Waals surface area contributed by atoms with E-state index >= 15 is 0 Å². The SMILES string of the molecule is Cc1scc(F)c1C. The minimum Gasteiger partial charge on any atom is -0.206 e. The van der Waals surface area contributed by atoms with E-state index in [9.17, 15) is 4.39 Å². The Bertz CT molecular complexity index is 171. The highest BCUT2D eigenvalue weighted by Crippen LogP contribution is 2.17. The van der Waals surface area contributed by atoms with Gasteiger partial charge < -0.3 is 0 Å². The van der Waals surface area contributed by atoms with Crippen LogP contribution in [0.15, 0.2) is 5.38 Å². The first-order valence-corrected chi connectivity index (χ1v) is 3.30. The zero-order valence-corrected chi connectivity index (χ0v) is 5.68. The maximum absolute atomic E-state index is 12.3. The molecule has 0 N–H and O–H groups in total. The maximum atomic E-state index is 12.3. The first-order valence-electron chi connectivity index (χ1n) is 2.42. The predicted octanol–water partition coefficient (Wildman–Crippen LogP) is 2.50. The summed E-state index contributed by atoms with van der Waals surface area (Å²) >= 11 is 1.46. The molecular weight excluding hydrogens is 123 g/mol. The summed E-state index contributed by atoms with van der Waals surface area (Å²) in [5.41, 5.74) is 0.787. The molecule has 1 heterocycles. The Morgan fingerprint density at radius 1 is 1.50 bits per heavy atom. The van der Waals surface area contributed by atoms with Crippen LogP contribution in [-0.2, 0) is 0 Å². The molecule has 0 amide bonds. The fourth-order valence-corrected chi connectivity index (χ4v) is 1.22. The molecule has 8 heavy (non-hydrogen) atoms. The maximum Gasteiger partial charge on any atom is 0.137 e. The predicted molar refractivity (Wildman–Crippen MR) is 33.8 cm³/mol. The molecule has 1 aromatic heterocycles. The highest BCUT2D eigenvalue weighted by Gasteiger charge is 1.99. The van der Waals surface area contributed by atoms with E-state index in [0.29, 0.717) is 0 Å². The second-order valence-electron chi connectivity index (χ2n) is 1.76. The molecule has 0 fully saturated rings. The van der Waals surface area contributed by atoms with Crippen LogP contribution >= 0.6 is 11.3 Å². The molecule has 0 atom stereocenters. The average Bonchev–Trinajstić information content (AvgIpc) is 1.98. The lowest BCUT2D eigenvalue weighted by molar-refractivity contribution is 0.624. The number of hydrogen-bond donors (Lipinski definition) is 0. The van der Waals surface area contributed by atoms with Crippen LogP contribution in [0.1, 0.15) is 10.4 Å². The molecule has 0 radical (unpaired) electrons. The lowest BCUT2D eigenvalue weighted by Gasteiger charge is -1.83. The van der Waals surface area contributed by atoms with Crippen molar-refractivity contribution < 1.29 is 4.39 Å². The van der Waals surface area contributed by atoms with Gasteiger partial charge in [0, 0.05) is 10.3 Å². The summed E-state index contributed by atoms with van der Waals surface area (Å²) in [5, 5.41) is 1.53. The summed E-state index contributed by atoms with van der Waals surface area (Å²) in [5.74, 6) is -0.0764. The largest absolute Gasteiger partial charge is 0.206 e. The molecule has 0 aromatic carbocycles. The van der Waals surface area contributed by atoms with Crippen LogP contribution in [0.4, 0.5) is 4.39 Å². The lowest BCUT2D eigenvalue weighted by Crippen LogP contribution is -1.71. The molecule has 0 spiro atoms. The van der Waals surface area contributed by atoms with E-state index in [4.69, 9.17) is 0 Å². The molecule has 1 rings (SSSR count). The van der Waals surface area contributed by atoms with Gasteiger partial charge in [0.05, 0.1) is 0 Å². The van der Waals surface area contributed by atoms with E-state index in [1.807, 2.05) is 6.92 Å². The van der Waals surface area contributed by atoms with Crippen molar-refractivity contribution >= 4 is 11.3 Å². The van der Waals surface area contributed by atoms with Crippen molar-refractivity contribution in [3.05, 3.63) is 21.6 Å². The Morgan fingerprint density at radius 3 is 2.25 bits per heavy atom. The second-order valence-corrected chi connectivity index (χ2v) is 2.85. The third kappa shape index (κ3) is 0.757. The van der Waals surface area contributed by atoms with Crippen LogP contribution in [-0.4, -0.2) is 0 Å². The van der Waals surface area contributed by atoms with Crippen molar-refractivity contribution in [2.75, 3.05) is 0 Å². The Balaban J connectivity index is 3.19. The van der Waals surface area contributed by atoms with Gasteiger partial charge in [0.15, 0.2) is 0 Å². The van der Waals surface area contributed by atoms with E-state index in [0.717, 1.165) is 10.4 Å². The van der Waals surface area contributed by atoms with E-state index in [-0.39, 0.29) is 5.82 Å². The van der Waals surface area contributed by atoms with Crippen molar-refractivity contribution in [2.24, 2.45) is 0 Å². The second kappa shape index (κ2) is 1.86. The van der Waals surface area contributed by atoms with Gasteiger partial charge in [0.25, 0.3) is 0 Å². The topological polar surface area (TPSA) is 0 Å². The number of thiophene rings is 1. The Morgan fingerprint density at radius 2 is 2.12 bits per heavy atom. The highest BCUT2D eigenvalue weighted by molar-refractivity contribution is 7.10. The van der Waals surface area contributed by atoms with Gasteiger partial charge in [-0.05, 0) is 19.4 Å². The molecule has 0 aliphatic carbocycles. The van der Waals surface area contributed by atoms with Crippen molar-refractivity contribution in [1.82, 2.24) is 0 Å². The first-order chi connectivity index (χ1) is 3.72. The molecule has 0 saturated heterocycles. The van der Waals surface area contributed by atoms with Gasteiger partial charge in [0.2, 0.25) is 0 Å². The lowest BCUT2D eigenvalue weighted by atomic mass is 10.3. The van der Waals surface area contributed by atoms with E-state index < -0.39 is 0 Å². The fourth-order valence-electron chi connectivity index (χ4n) is 0.485. The third-order valence-electron chi connectivity index (χ3n) is 1.23. The Hall–Kier alpha value is -0.370. The number of halogens is 1. The minimum atomic E-state index is -0.0764. The first kappa shape index (κ1) is 5.76. The molecule has 0 aliphatic heterocycles. The average molecular weight is 130 g/mol. The summed E-state index contributed by atoms with van der Waals surface area (Å²) in [6, 6.07) is 0. The van der Waals surface area contributed by atoms with Crippen molar-refractivity contribution in [3.63, 3.8) is 0 Å². The summed E-state index contributed by atoms with van der Waals surface area (Å²) in [7, 11) is 0. The molecular formula is C6H7FS. The quantitative estimate of drug-likeness (QED) is 0.506. The summed E-state index contributed by atoms with van der Waals surface area (Å²) in [6.07, 6.45) is 0.